The van der Waals surface area contributed by atoms with E-state index in [-0.39, 0.29) is 81.6 Å². The molecule has 17 heteroatoms. The Labute approximate surface area is 398 Å². The van der Waals surface area contributed by atoms with Gasteiger partial charge in [-0.1, -0.05) is 41.9 Å². The second-order valence-electron chi connectivity index (χ2n) is 18.0. The monoisotopic (exact) mass is 956 g/mol. The first-order valence-corrected chi connectivity index (χ1v) is 22.2. The fourth-order valence-corrected chi connectivity index (χ4v) is 8.28. The van der Waals surface area contributed by atoms with E-state index in [9.17, 15) is 9.59 Å². The largest absolute Gasteiger partial charge is 0.497 e. The van der Waals surface area contributed by atoms with Gasteiger partial charge in [-0.2, -0.15) is 9.88 Å². The van der Waals surface area contributed by atoms with Crippen LogP contribution in [0.2, 0.25) is 10.3 Å². The van der Waals surface area contributed by atoms with Gasteiger partial charge in [0.25, 0.3) is 0 Å². The second kappa shape index (κ2) is 19.4. The van der Waals surface area contributed by atoms with Crippen molar-refractivity contribution in [2.45, 2.75) is 85.7 Å². The molecule has 0 radical (unpaired) electrons. The maximum Gasteiger partial charge on any atom is 0.425 e. The number of nitrogens with zero attached hydrogens (tertiary/aromatic N) is 6. The number of halogens is 4. The molecule has 0 unspecified atom stereocenters. The average Bonchev–Trinajstić information content (AvgIpc) is 3.45. The van der Waals surface area contributed by atoms with Gasteiger partial charge in [0.2, 0.25) is 5.28 Å². The lowest BCUT2D eigenvalue weighted by Gasteiger charge is -2.33. The molecule has 2 amide bonds. The van der Waals surface area contributed by atoms with Crippen molar-refractivity contribution in [1.29, 1.82) is 0 Å². The summed E-state index contributed by atoms with van der Waals surface area (Å²) < 4.78 is 63.5. The van der Waals surface area contributed by atoms with Crippen molar-refractivity contribution in [2.75, 3.05) is 42.1 Å². The van der Waals surface area contributed by atoms with Crippen LogP contribution in [0.15, 0.2) is 79.0 Å². The maximum atomic E-state index is 17.6. The molecule has 0 saturated carbocycles. The fourth-order valence-electron chi connectivity index (χ4n) is 7.78. The SMILES string of the molecule is COc1ccc(CN(Cc2ccc(OC)cc2)c2cc(C)cc(-c3c(Cl)c4c5c(nc(Cl)nc5c3F)N([C@H](C)c3cccnc3N(C(=O)OC(C)(C)C)C(=O)OC(C)(C)C)CCO4)c2F)cc1. The van der Waals surface area contributed by atoms with Gasteiger partial charge < -0.3 is 33.5 Å². The van der Waals surface area contributed by atoms with Gasteiger partial charge in [-0.3, -0.25) is 0 Å². The van der Waals surface area contributed by atoms with Crippen LogP contribution in [0.25, 0.3) is 22.0 Å². The van der Waals surface area contributed by atoms with Crippen LogP contribution in [0.1, 0.15) is 76.8 Å². The summed E-state index contributed by atoms with van der Waals surface area (Å²) in [5.41, 5.74) is 0.322. The van der Waals surface area contributed by atoms with Crippen LogP contribution in [-0.2, 0) is 22.6 Å². The van der Waals surface area contributed by atoms with Crippen LogP contribution < -0.4 is 28.9 Å². The molecule has 0 spiro atoms. The standard InChI is InChI=1S/C50H52Cl2F2N6O7/c1-28-24-35(40(53)36(25-28)58(26-30-13-17-32(63-9)18-14-30)27-31-15-19-33(64-10)20-16-31)37-39(51)43-38-42(41(37)54)56-46(52)57-45(38)59(22-23-65-43)29(2)34-12-11-21-55-44(34)60(47(61)66-49(3,4)5)48(62)67-50(6,7)8/h11-21,24-25,29H,22-23,26-27H2,1-10H3/t29-/m1/s1. The van der Waals surface area contributed by atoms with Crippen LogP contribution in [-0.4, -0.2) is 65.7 Å². The molecule has 4 aromatic carbocycles. The first kappa shape index (κ1) is 48.5. The normalized spacial score (nSPS) is 13.1. The summed E-state index contributed by atoms with van der Waals surface area (Å²) in [6.07, 6.45) is -0.593. The zero-order chi connectivity index (χ0) is 48.5. The van der Waals surface area contributed by atoms with Crippen molar-refractivity contribution in [3.63, 3.8) is 0 Å². The summed E-state index contributed by atoms with van der Waals surface area (Å²) >= 11 is 13.8. The number of rotatable bonds is 11. The van der Waals surface area contributed by atoms with Crippen LogP contribution in [0.3, 0.4) is 0 Å². The molecule has 7 rings (SSSR count). The molecular weight excluding hydrogens is 905 g/mol. The molecule has 1 aliphatic heterocycles. The summed E-state index contributed by atoms with van der Waals surface area (Å²) in [5.74, 6) is -0.261. The van der Waals surface area contributed by atoms with Gasteiger partial charge in [0.05, 0.1) is 42.9 Å². The zero-order valence-electron chi connectivity index (χ0n) is 39.0. The molecule has 3 heterocycles. The Balaban J connectivity index is 1.35. The number of carbonyl (C=O) groups excluding carboxylic acids is 2. The van der Waals surface area contributed by atoms with E-state index in [1.165, 1.54) is 12.3 Å². The van der Waals surface area contributed by atoms with Crippen molar-refractivity contribution in [3.8, 4) is 28.4 Å². The van der Waals surface area contributed by atoms with Crippen LogP contribution in [0.5, 0.6) is 17.2 Å². The topological polar surface area (TPSA) is 129 Å². The molecule has 0 aliphatic carbocycles. The number of carbonyl (C=O) groups is 2. The van der Waals surface area contributed by atoms with Gasteiger partial charge in [-0.15, -0.1) is 0 Å². The number of imide groups is 1. The molecule has 0 saturated heterocycles. The molecule has 67 heavy (non-hydrogen) atoms. The number of hydrogen-bond acceptors (Lipinski definition) is 12. The summed E-state index contributed by atoms with van der Waals surface area (Å²) in [5, 5.41) is -0.441. The van der Waals surface area contributed by atoms with Crippen LogP contribution in [0.4, 0.5) is 35.7 Å². The summed E-state index contributed by atoms with van der Waals surface area (Å²) in [6.45, 7) is 14.3. The third kappa shape index (κ3) is 10.6. The predicted octanol–water partition coefficient (Wildman–Crippen LogP) is 12.4. The van der Waals surface area contributed by atoms with Crippen LogP contribution >= 0.6 is 23.2 Å². The average molecular weight is 958 g/mol. The summed E-state index contributed by atoms with van der Waals surface area (Å²) in [4.78, 5) is 45.3. The molecule has 6 aromatic rings. The van der Waals surface area contributed by atoms with E-state index in [2.05, 4.69) is 15.0 Å². The van der Waals surface area contributed by atoms with Crippen LogP contribution in [0, 0.1) is 18.6 Å². The van der Waals surface area contributed by atoms with E-state index >= 15 is 8.78 Å². The fraction of sp³-hybridized carbons (Fsp3) is 0.340. The first-order chi connectivity index (χ1) is 31.7. The van der Waals surface area contributed by atoms with E-state index in [1.54, 1.807) is 92.7 Å². The van der Waals surface area contributed by atoms with E-state index in [4.69, 9.17) is 46.9 Å². The Bertz CT molecular complexity index is 2740. The Morgan fingerprint density at radius 2 is 1.40 bits per heavy atom. The van der Waals surface area contributed by atoms with Gasteiger partial charge in [0.1, 0.15) is 40.6 Å². The molecule has 0 N–H and O–H groups in total. The van der Waals surface area contributed by atoms with E-state index in [1.807, 2.05) is 53.4 Å². The predicted molar refractivity (Wildman–Crippen MR) is 256 cm³/mol. The quantitative estimate of drug-likeness (QED) is 0.115. The lowest BCUT2D eigenvalue weighted by molar-refractivity contribution is 0.0428. The summed E-state index contributed by atoms with van der Waals surface area (Å²) in [7, 11) is 3.17. The minimum Gasteiger partial charge on any atom is -0.497 e. The Kier molecular flexibility index (Phi) is 14.0. The molecule has 0 bridgehead atoms. The number of aromatic nitrogens is 3. The Hall–Kier alpha value is -6.45. The van der Waals surface area contributed by atoms with Crippen molar-refractivity contribution in [1.82, 2.24) is 15.0 Å². The highest BCUT2D eigenvalue weighted by atomic mass is 35.5. The second-order valence-corrected chi connectivity index (χ2v) is 18.7. The molecule has 1 atom stereocenters. The van der Waals surface area contributed by atoms with Gasteiger partial charge in [0, 0.05) is 36.0 Å². The lowest BCUT2D eigenvalue weighted by Crippen LogP contribution is -2.45. The van der Waals surface area contributed by atoms with Crippen molar-refractivity contribution in [2.24, 2.45) is 0 Å². The molecule has 0 fully saturated rings. The minimum atomic E-state index is -1.01. The number of hydrogen-bond donors (Lipinski definition) is 0. The number of benzene rings is 4. The first-order valence-electron chi connectivity index (χ1n) is 21.5. The van der Waals surface area contributed by atoms with E-state index in [0.29, 0.717) is 22.6 Å². The number of amides is 2. The number of ether oxygens (including phenoxy) is 5. The maximum absolute atomic E-state index is 17.6. The van der Waals surface area contributed by atoms with E-state index in [0.717, 1.165) is 16.0 Å². The lowest BCUT2D eigenvalue weighted by atomic mass is 9.97. The zero-order valence-corrected chi connectivity index (χ0v) is 40.5. The van der Waals surface area contributed by atoms with Gasteiger partial charge >= 0.3 is 12.2 Å². The molecule has 13 nitrogen and oxygen atoms in total. The third-order valence-electron chi connectivity index (χ3n) is 10.8. The highest BCUT2D eigenvalue weighted by Crippen LogP contribution is 2.50. The van der Waals surface area contributed by atoms with Gasteiger partial charge in [-0.25, -0.2) is 28.3 Å². The number of methoxy groups -OCH3 is 2. The van der Waals surface area contributed by atoms with Gasteiger partial charge in [-0.05, 0) is 126 Å². The number of aryl methyl sites for hydroxylation is 1. The minimum absolute atomic E-state index is 0.0146. The number of anilines is 3. The van der Waals surface area contributed by atoms with E-state index < -0.39 is 41.1 Å². The molecule has 1 aliphatic rings. The molecular formula is C50H52Cl2F2N6O7. The van der Waals surface area contributed by atoms with Crippen molar-refractivity contribution in [3.05, 3.63) is 123 Å². The highest BCUT2D eigenvalue weighted by Gasteiger charge is 2.38. The summed E-state index contributed by atoms with van der Waals surface area (Å²) in [6, 6.07) is 20.7. The Morgan fingerprint density at radius 1 is 0.836 bits per heavy atom. The highest BCUT2D eigenvalue weighted by molar-refractivity contribution is 6.37. The third-order valence-corrected chi connectivity index (χ3v) is 11.3. The molecule has 352 valence electrons. The molecule has 2 aromatic heterocycles. The Morgan fingerprint density at radius 3 is 1.94 bits per heavy atom. The smallest absolute Gasteiger partial charge is 0.425 e. The van der Waals surface area contributed by atoms with Gasteiger partial charge in [0.15, 0.2) is 23.2 Å². The van der Waals surface area contributed by atoms with Crippen molar-refractivity contribution >= 4 is 63.6 Å². The van der Waals surface area contributed by atoms with Crippen molar-refractivity contribution < 1.29 is 42.1 Å². The number of pyridine rings is 1.